The van der Waals surface area contributed by atoms with Crippen LogP contribution in [-0.4, -0.2) is 36.0 Å². The van der Waals surface area contributed by atoms with E-state index in [1.165, 1.54) is 29.3 Å². The van der Waals surface area contributed by atoms with Gasteiger partial charge < -0.3 is 23.0 Å². The lowest BCUT2D eigenvalue weighted by atomic mass is 9.86. The zero-order valence-corrected chi connectivity index (χ0v) is 24.6. The molecule has 1 aromatic carbocycles. The van der Waals surface area contributed by atoms with Gasteiger partial charge >= 0.3 is 0 Å². The van der Waals surface area contributed by atoms with E-state index in [0.29, 0.717) is 17.0 Å². The first-order valence-corrected chi connectivity index (χ1v) is 16.3. The van der Waals surface area contributed by atoms with E-state index in [4.69, 9.17) is 5.73 Å². The molecular formula is C24H43ClN4Si2. The molecule has 2 heterocycles. The maximum Gasteiger partial charge on any atom is 0.243 e. The number of hydrogen-bond acceptors (Lipinski definition) is 2. The molecule has 1 fully saturated rings. The second kappa shape index (κ2) is 9.71. The van der Waals surface area contributed by atoms with Crippen molar-refractivity contribution in [1.29, 1.82) is 0 Å². The van der Waals surface area contributed by atoms with Gasteiger partial charge in [-0.1, -0.05) is 46.5 Å². The van der Waals surface area contributed by atoms with Crippen molar-refractivity contribution in [2.75, 3.05) is 23.7 Å². The van der Waals surface area contributed by atoms with Gasteiger partial charge in [0.25, 0.3) is 0 Å². The van der Waals surface area contributed by atoms with Gasteiger partial charge in [-0.05, 0) is 40.6 Å². The predicted molar refractivity (Wildman–Crippen MR) is 137 cm³/mol. The number of nitrogens with zero attached hydrogens (tertiary/aromatic N) is 3. The Kier molecular flexibility index (Phi) is 8.15. The molecule has 1 aromatic heterocycles. The smallest absolute Gasteiger partial charge is 0.243 e. The summed E-state index contributed by atoms with van der Waals surface area (Å²) in [5.41, 5.74) is 12.0. The average Bonchev–Trinajstić information content (AvgIpc) is 3.27. The molecule has 1 aliphatic heterocycles. The molecule has 1 saturated heterocycles. The molecule has 0 spiro atoms. The molecule has 0 radical (unpaired) electrons. The Morgan fingerprint density at radius 3 is 2.52 bits per heavy atom. The molecule has 0 bridgehead atoms. The molecule has 0 aliphatic carbocycles. The van der Waals surface area contributed by atoms with E-state index in [9.17, 15) is 0 Å². The SMILES string of the molecule is CC(c1cc(N2CCC(n3cc[n+](C)c3)C2)cc(CC[Si](C)(C)C)c1N)C(C)(C)[SiH3].[Cl-]. The minimum atomic E-state index is -1.11. The summed E-state index contributed by atoms with van der Waals surface area (Å²) in [7, 11) is 2.14. The monoisotopic (exact) mass is 478 g/mol. The Labute approximate surface area is 200 Å². The molecule has 1 aliphatic rings. The number of halogens is 1. The number of nitrogens with two attached hydrogens (primary N) is 1. The molecule has 4 nitrogen and oxygen atoms in total. The summed E-state index contributed by atoms with van der Waals surface area (Å²) in [5.74, 6) is 0.483. The fourth-order valence-corrected chi connectivity index (χ4v) is 5.68. The van der Waals surface area contributed by atoms with E-state index >= 15 is 0 Å². The zero-order valence-electron chi connectivity index (χ0n) is 20.9. The Morgan fingerprint density at radius 2 is 1.97 bits per heavy atom. The third kappa shape index (κ3) is 6.39. The zero-order chi connectivity index (χ0) is 22.3. The van der Waals surface area contributed by atoms with Crippen molar-refractivity contribution < 1.29 is 17.0 Å². The molecule has 31 heavy (non-hydrogen) atoms. The van der Waals surface area contributed by atoms with E-state index < -0.39 is 8.07 Å². The van der Waals surface area contributed by atoms with Gasteiger partial charge in [0.05, 0.1) is 13.6 Å². The summed E-state index contributed by atoms with van der Waals surface area (Å²) >= 11 is 0. The molecule has 3 rings (SSSR count). The van der Waals surface area contributed by atoms with Crippen LogP contribution in [0.15, 0.2) is 30.9 Å². The van der Waals surface area contributed by atoms with Crippen molar-refractivity contribution in [2.45, 2.75) is 76.3 Å². The van der Waals surface area contributed by atoms with E-state index in [1.807, 2.05) is 0 Å². The molecule has 0 saturated carbocycles. The maximum atomic E-state index is 6.80. The summed E-state index contributed by atoms with van der Waals surface area (Å²) in [6.45, 7) is 16.7. The molecule has 7 heteroatoms. The molecule has 0 amide bonds. The van der Waals surface area contributed by atoms with Crippen molar-refractivity contribution in [3.63, 3.8) is 0 Å². The molecular weight excluding hydrogens is 436 g/mol. The fourth-order valence-electron chi connectivity index (χ4n) is 4.35. The number of rotatable bonds is 7. The van der Waals surface area contributed by atoms with Crippen molar-refractivity contribution in [1.82, 2.24) is 4.57 Å². The van der Waals surface area contributed by atoms with Crippen LogP contribution in [0.25, 0.3) is 0 Å². The normalized spacial score (nSPS) is 18.3. The van der Waals surface area contributed by atoms with Crippen molar-refractivity contribution in [3.05, 3.63) is 42.0 Å². The van der Waals surface area contributed by atoms with Crippen LogP contribution in [0.3, 0.4) is 0 Å². The van der Waals surface area contributed by atoms with Gasteiger partial charge in [0.2, 0.25) is 6.33 Å². The highest BCUT2D eigenvalue weighted by Gasteiger charge is 2.30. The van der Waals surface area contributed by atoms with Crippen molar-refractivity contribution >= 4 is 29.7 Å². The summed E-state index contributed by atoms with van der Waals surface area (Å²) in [6, 6.07) is 6.66. The van der Waals surface area contributed by atoms with Crippen LogP contribution >= 0.6 is 0 Å². The first-order valence-electron chi connectivity index (χ1n) is 11.5. The molecule has 2 unspecified atom stereocenters. The molecule has 174 valence electrons. The fraction of sp³-hybridized carbons (Fsp3) is 0.625. The molecule has 2 atom stereocenters. The van der Waals surface area contributed by atoms with Gasteiger partial charge in [-0.15, -0.1) is 0 Å². The lowest BCUT2D eigenvalue weighted by Gasteiger charge is -2.31. The number of anilines is 2. The van der Waals surface area contributed by atoms with Gasteiger partial charge in [0, 0.05) is 42.7 Å². The Balaban J connectivity index is 0.00000341. The molecule has 2 aromatic rings. The minimum Gasteiger partial charge on any atom is -1.00 e. The third-order valence-corrected chi connectivity index (χ3v) is 9.55. The Hall–Kier alpha value is -1.25. The van der Waals surface area contributed by atoms with Crippen LogP contribution in [0.2, 0.25) is 30.7 Å². The quantitative estimate of drug-likeness (QED) is 0.364. The van der Waals surface area contributed by atoms with Crippen LogP contribution in [-0.2, 0) is 13.5 Å². The second-order valence-corrected chi connectivity index (χ2v) is 19.9. The van der Waals surface area contributed by atoms with Crippen LogP contribution in [0, 0.1) is 0 Å². The van der Waals surface area contributed by atoms with E-state index in [-0.39, 0.29) is 12.4 Å². The second-order valence-electron chi connectivity index (χ2n) is 11.7. The van der Waals surface area contributed by atoms with E-state index in [1.54, 1.807) is 0 Å². The maximum absolute atomic E-state index is 6.80. The third-order valence-electron chi connectivity index (χ3n) is 6.93. The summed E-state index contributed by atoms with van der Waals surface area (Å²) in [4.78, 5) is 2.58. The number of aryl methyl sites for hydroxylation is 2. The van der Waals surface area contributed by atoms with Crippen molar-refractivity contribution in [2.24, 2.45) is 7.05 Å². The lowest BCUT2D eigenvalue weighted by molar-refractivity contribution is -0.671. The number of aromatic nitrogens is 2. The van der Waals surface area contributed by atoms with Crippen LogP contribution in [0.1, 0.15) is 50.3 Å². The van der Waals surface area contributed by atoms with Crippen LogP contribution < -0.4 is 27.6 Å². The highest BCUT2D eigenvalue weighted by atomic mass is 35.5. The average molecular weight is 479 g/mol. The molecule has 2 N–H and O–H groups in total. The largest absolute Gasteiger partial charge is 1.00 e. The number of nitrogen functional groups attached to an aromatic ring is 1. The Bertz CT molecular complexity index is 883. The summed E-state index contributed by atoms with van der Waals surface area (Å²) in [6.07, 6.45) is 8.84. The Morgan fingerprint density at radius 1 is 1.29 bits per heavy atom. The van der Waals surface area contributed by atoms with Crippen LogP contribution in [0.5, 0.6) is 0 Å². The number of imidazole rings is 1. The van der Waals surface area contributed by atoms with E-state index in [0.717, 1.165) is 35.4 Å². The van der Waals surface area contributed by atoms with Crippen LogP contribution in [0.4, 0.5) is 11.4 Å². The predicted octanol–water partition coefficient (Wildman–Crippen LogP) is 0.898. The minimum absolute atomic E-state index is 0. The summed E-state index contributed by atoms with van der Waals surface area (Å²) < 4.78 is 4.50. The van der Waals surface area contributed by atoms with Gasteiger partial charge in [0.1, 0.15) is 18.4 Å². The van der Waals surface area contributed by atoms with Crippen molar-refractivity contribution in [3.8, 4) is 0 Å². The first kappa shape index (κ1) is 26.0. The lowest BCUT2D eigenvalue weighted by Crippen LogP contribution is -3.00. The van der Waals surface area contributed by atoms with Gasteiger partial charge in [0.15, 0.2) is 0 Å². The standard InChI is InChI=1S/C24H43N4Si2.ClH/c1-18(24(2,3)29)22-15-21(14-19(23(22)25)9-13-30(5,6)7)27-10-8-20(16-27)28-12-11-26(4)17-28;/h11-12,14-15,17-18,20H,8-10,13,16,25H2,1-7,29H3;1H/q+1;/p-1. The van der Waals surface area contributed by atoms with E-state index in [2.05, 4.69) is 92.3 Å². The highest BCUT2D eigenvalue weighted by Crippen LogP contribution is 2.44. The number of benzene rings is 1. The highest BCUT2D eigenvalue weighted by molar-refractivity contribution is 6.76. The topological polar surface area (TPSA) is 38.1 Å². The first-order chi connectivity index (χ1) is 13.8. The van der Waals surface area contributed by atoms with Gasteiger partial charge in [-0.25, -0.2) is 9.13 Å². The van der Waals surface area contributed by atoms with Gasteiger partial charge in [-0.2, -0.15) is 0 Å². The number of hydrogen-bond donors (Lipinski definition) is 1. The van der Waals surface area contributed by atoms with Gasteiger partial charge in [-0.3, -0.25) is 0 Å². The summed E-state index contributed by atoms with van der Waals surface area (Å²) in [5, 5.41) is 0.330.